The quantitative estimate of drug-likeness (QED) is 0.793. The number of hydrogen-bond acceptors (Lipinski definition) is 4. The number of carbonyl (C=O) groups excluding carboxylic acids is 1. The monoisotopic (exact) mass is 286 g/mol. The van der Waals surface area contributed by atoms with Crippen molar-refractivity contribution in [2.45, 2.75) is 26.7 Å². The molecule has 1 heterocycles. The van der Waals surface area contributed by atoms with E-state index in [4.69, 9.17) is 5.73 Å². The second-order valence-electron chi connectivity index (χ2n) is 5.73. The number of ketones is 1. The highest BCUT2D eigenvalue weighted by Crippen LogP contribution is 2.18. The van der Waals surface area contributed by atoms with Crippen molar-refractivity contribution >= 4 is 5.78 Å². The lowest BCUT2D eigenvalue weighted by Crippen LogP contribution is -2.21. The molecule has 1 unspecified atom stereocenters. The highest BCUT2D eigenvalue weighted by molar-refractivity contribution is 5.94. The van der Waals surface area contributed by atoms with Crippen LogP contribution in [0.25, 0.3) is 5.69 Å². The molecule has 2 aromatic rings. The summed E-state index contributed by atoms with van der Waals surface area (Å²) >= 11 is 0. The maximum atomic E-state index is 12.5. The van der Waals surface area contributed by atoms with Crippen molar-refractivity contribution < 1.29 is 4.79 Å². The Morgan fingerprint density at radius 3 is 2.62 bits per heavy atom. The Hall–Kier alpha value is -2.01. The molecule has 0 amide bonds. The fourth-order valence-electron chi connectivity index (χ4n) is 2.48. The smallest absolute Gasteiger partial charge is 0.183 e. The first-order valence-corrected chi connectivity index (χ1v) is 7.31. The minimum atomic E-state index is 0.0416. The van der Waals surface area contributed by atoms with Crippen LogP contribution < -0.4 is 5.73 Å². The highest BCUT2D eigenvalue weighted by atomic mass is 16.1. The fourth-order valence-corrected chi connectivity index (χ4v) is 2.48. The molecule has 5 heteroatoms. The predicted octanol–water partition coefficient (Wildman–Crippen LogP) is 2.46. The van der Waals surface area contributed by atoms with E-state index in [0.29, 0.717) is 24.6 Å². The van der Waals surface area contributed by atoms with E-state index in [1.807, 2.05) is 30.3 Å². The van der Waals surface area contributed by atoms with Crippen LogP contribution in [0.15, 0.2) is 36.5 Å². The normalized spacial score (nSPS) is 12.6. The van der Waals surface area contributed by atoms with Gasteiger partial charge in [-0.25, -0.2) is 4.68 Å². The van der Waals surface area contributed by atoms with Crippen molar-refractivity contribution in [2.24, 2.45) is 17.6 Å². The molecule has 0 spiro atoms. The van der Waals surface area contributed by atoms with E-state index in [2.05, 4.69) is 24.2 Å². The first-order chi connectivity index (χ1) is 10.1. The van der Waals surface area contributed by atoms with Gasteiger partial charge in [0.05, 0.1) is 11.9 Å². The Morgan fingerprint density at radius 2 is 2.00 bits per heavy atom. The van der Waals surface area contributed by atoms with Crippen molar-refractivity contribution in [3.63, 3.8) is 0 Å². The Bertz CT molecular complexity index is 577. The van der Waals surface area contributed by atoms with Crippen LogP contribution in [0.5, 0.6) is 0 Å². The van der Waals surface area contributed by atoms with Crippen molar-refractivity contribution in [1.82, 2.24) is 15.0 Å². The lowest BCUT2D eigenvalue weighted by Gasteiger charge is -2.16. The molecule has 0 fully saturated rings. The first-order valence-electron chi connectivity index (χ1n) is 7.31. The third-order valence-corrected chi connectivity index (χ3v) is 3.45. The Balaban J connectivity index is 2.15. The molecule has 0 saturated heterocycles. The Kier molecular flexibility index (Phi) is 5.22. The summed E-state index contributed by atoms with van der Waals surface area (Å²) in [6, 6.07) is 9.55. The van der Waals surface area contributed by atoms with Crippen LogP contribution in [0.4, 0.5) is 0 Å². The molecule has 2 rings (SSSR count). The summed E-state index contributed by atoms with van der Waals surface area (Å²) in [7, 11) is 0. The number of hydrogen-bond donors (Lipinski definition) is 1. The van der Waals surface area contributed by atoms with E-state index in [-0.39, 0.29) is 11.7 Å². The van der Waals surface area contributed by atoms with Gasteiger partial charge >= 0.3 is 0 Å². The topological polar surface area (TPSA) is 73.8 Å². The van der Waals surface area contributed by atoms with Gasteiger partial charge in [0.1, 0.15) is 5.69 Å². The van der Waals surface area contributed by atoms with Gasteiger partial charge in [0.15, 0.2) is 5.78 Å². The van der Waals surface area contributed by atoms with Crippen LogP contribution in [-0.2, 0) is 0 Å². The number of Topliss-reactive ketones (excluding diaryl/α,β-unsaturated/α-hetero) is 1. The van der Waals surface area contributed by atoms with Crippen molar-refractivity contribution in [1.29, 1.82) is 0 Å². The maximum absolute atomic E-state index is 12.5. The Labute approximate surface area is 125 Å². The van der Waals surface area contributed by atoms with Crippen molar-refractivity contribution in [2.75, 3.05) is 6.54 Å². The van der Waals surface area contributed by atoms with E-state index >= 15 is 0 Å². The minimum absolute atomic E-state index is 0.0416. The average Bonchev–Trinajstić information content (AvgIpc) is 2.96. The minimum Gasteiger partial charge on any atom is -0.330 e. The number of aromatic nitrogens is 3. The molecule has 0 aliphatic rings. The van der Waals surface area contributed by atoms with Crippen LogP contribution in [0.3, 0.4) is 0 Å². The molecular formula is C16H22N4O. The van der Waals surface area contributed by atoms with Gasteiger partial charge in [0.2, 0.25) is 0 Å². The number of benzene rings is 1. The Morgan fingerprint density at radius 1 is 1.29 bits per heavy atom. The molecule has 1 aromatic carbocycles. The summed E-state index contributed by atoms with van der Waals surface area (Å²) in [5, 5.41) is 7.89. The molecule has 0 bridgehead atoms. The number of carbonyl (C=O) groups is 1. The molecule has 1 aromatic heterocycles. The van der Waals surface area contributed by atoms with Gasteiger partial charge in [-0.3, -0.25) is 4.79 Å². The highest BCUT2D eigenvalue weighted by Gasteiger charge is 2.19. The molecule has 0 aliphatic carbocycles. The zero-order valence-electron chi connectivity index (χ0n) is 12.6. The zero-order chi connectivity index (χ0) is 15.2. The third kappa shape index (κ3) is 3.98. The van der Waals surface area contributed by atoms with Gasteiger partial charge in [0, 0.05) is 6.42 Å². The lowest BCUT2D eigenvalue weighted by molar-refractivity contribution is 0.0949. The second-order valence-corrected chi connectivity index (χ2v) is 5.73. The summed E-state index contributed by atoms with van der Waals surface area (Å²) in [5.41, 5.74) is 7.14. The lowest BCUT2D eigenvalue weighted by atomic mass is 9.92. The van der Waals surface area contributed by atoms with Crippen LogP contribution in [0, 0.1) is 11.8 Å². The van der Waals surface area contributed by atoms with E-state index in [0.717, 1.165) is 12.1 Å². The van der Waals surface area contributed by atoms with Gasteiger partial charge in [-0.1, -0.05) is 37.3 Å². The van der Waals surface area contributed by atoms with E-state index in [1.165, 1.54) is 6.20 Å². The zero-order valence-corrected chi connectivity index (χ0v) is 12.6. The number of nitrogens with zero attached hydrogens (tertiary/aromatic N) is 3. The van der Waals surface area contributed by atoms with Crippen molar-refractivity contribution in [3.8, 4) is 5.69 Å². The first kappa shape index (κ1) is 15.4. The molecule has 2 N–H and O–H groups in total. The van der Waals surface area contributed by atoms with Crippen LogP contribution >= 0.6 is 0 Å². The predicted molar refractivity (Wildman–Crippen MR) is 82.3 cm³/mol. The van der Waals surface area contributed by atoms with Gasteiger partial charge < -0.3 is 5.73 Å². The second kappa shape index (κ2) is 7.13. The van der Waals surface area contributed by atoms with Crippen LogP contribution in [0.1, 0.15) is 37.2 Å². The van der Waals surface area contributed by atoms with Gasteiger partial charge in [0.25, 0.3) is 0 Å². The number of nitrogens with two attached hydrogens (primary N) is 1. The number of para-hydroxylation sites is 1. The third-order valence-electron chi connectivity index (χ3n) is 3.45. The summed E-state index contributed by atoms with van der Waals surface area (Å²) in [6.07, 6.45) is 2.92. The number of rotatable bonds is 7. The average molecular weight is 286 g/mol. The summed E-state index contributed by atoms with van der Waals surface area (Å²) in [6.45, 7) is 4.81. The molecule has 0 aliphatic heterocycles. The van der Waals surface area contributed by atoms with E-state index in [1.54, 1.807) is 4.68 Å². The molecule has 5 nitrogen and oxygen atoms in total. The van der Waals surface area contributed by atoms with Gasteiger partial charge in [-0.05, 0) is 36.9 Å². The van der Waals surface area contributed by atoms with Crippen molar-refractivity contribution in [3.05, 3.63) is 42.2 Å². The molecule has 21 heavy (non-hydrogen) atoms. The van der Waals surface area contributed by atoms with Crippen LogP contribution in [0.2, 0.25) is 0 Å². The molecule has 0 saturated carbocycles. The fraction of sp³-hybridized carbons (Fsp3) is 0.438. The SMILES string of the molecule is CC(C)CC(CN)CC(=O)c1cnnn1-c1ccccc1. The molecule has 1 atom stereocenters. The van der Waals surface area contributed by atoms with Crippen LogP contribution in [-0.4, -0.2) is 27.3 Å². The van der Waals surface area contributed by atoms with E-state index < -0.39 is 0 Å². The molecule has 0 radical (unpaired) electrons. The molecule has 112 valence electrons. The van der Waals surface area contributed by atoms with Gasteiger partial charge in [-0.2, -0.15) is 0 Å². The molecular weight excluding hydrogens is 264 g/mol. The van der Waals surface area contributed by atoms with E-state index in [9.17, 15) is 4.79 Å². The standard InChI is InChI=1S/C16H22N4O/c1-12(2)8-13(10-17)9-16(21)15-11-18-19-20(15)14-6-4-3-5-7-14/h3-7,11-13H,8-10,17H2,1-2H3. The summed E-state index contributed by atoms with van der Waals surface area (Å²) in [4.78, 5) is 12.5. The largest absolute Gasteiger partial charge is 0.330 e. The summed E-state index contributed by atoms with van der Waals surface area (Å²) in [5.74, 6) is 0.778. The summed E-state index contributed by atoms with van der Waals surface area (Å²) < 4.78 is 1.59. The maximum Gasteiger partial charge on any atom is 0.183 e. The van der Waals surface area contributed by atoms with Gasteiger partial charge in [-0.15, -0.1) is 5.10 Å².